The maximum absolute atomic E-state index is 12.7. The Bertz CT molecular complexity index is 729. The van der Waals surface area contributed by atoms with Crippen molar-refractivity contribution < 1.29 is 9.59 Å². The van der Waals surface area contributed by atoms with Crippen molar-refractivity contribution in [3.8, 4) is 0 Å². The number of amides is 2. The van der Waals surface area contributed by atoms with Crippen molar-refractivity contribution in [2.45, 2.75) is 6.92 Å². The molecule has 130 valence electrons. The van der Waals surface area contributed by atoms with Gasteiger partial charge in [-0.2, -0.15) is 0 Å². The third-order valence-corrected chi connectivity index (χ3v) is 4.28. The first-order valence-electron chi connectivity index (χ1n) is 8.36. The molecule has 2 aromatic rings. The summed E-state index contributed by atoms with van der Waals surface area (Å²) in [6.07, 6.45) is 2.25. The van der Waals surface area contributed by atoms with Crippen molar-refractivity contribution in [1.82, 2.24) is 19.8 Å². The number of piperazine rings is 1. The fourth-order valence-electron chi connectivity index (χ4n) is 2.89. The average molecular weight is 339 g/mol. The Kier molecular flexibility index (Phi) is 5.23. The summed E-state index contributed by atoms with van der Waals surface area (Å²) >= 11 is 0. The topological polar surface area (TPSA) is 69.6 Å². The number of aromatic nitrogens is 2. The number of hydrogen-bond donors (Lipinski definition) is 0. The van der Waals surface area contributed by atoms with Gasteiger partial charge in [0.25, 0.3) is 5.91 Å². The van der Waals surface area contributed by atoms with E-state index in [2.05, 4.69) is 9.97 Å². The van der Waals surface area contributed by atoms with E-state index >= 15 is 0 Å². The Morgan fingerprint density at radius 3 is 2.52 bits per heavy atom. The zero-order valence-electron chi connectivity index (χ0n) is 14.2. The van der Waals surface area contributed by atoms with Crippen LogP contribution < -0.4 is 4.90 Å². The van der Waals surface area contributed by atoms with E-state index in [1.807, 2.05) is 42.2 Å². The van der Waals surface area contributed by atoms with Gasteiger partial charge in [0.2, 0.25) is 6.41 Å². The molecule has 25 heavy (non-hydrogen) atoms. The molecule has 7 nitrogen and oxygen atoms in total. The van der Waals surface area contributed by atoms with Crippen molar-refractivity contribution in [1.29, 1.82) is 0 Å². The Labute approximate surface area is 146 Å². The lowest BCUT2D eigenvalue weighted by Crippen LogP contribution is -2.48. The number of carbonyl (C=O) groups excluding carboxylic acids is 2. The summed E-state index contributed by atoms with van der Waals surface area (Å²) in [5, 5.41) is 0. The highest BCUT2D eigenvalue weighted by Crippen LogP contribution is 2.23. The summed E-state index contributed by atoms with van der Waals surface area (Å²) in [5.41, 5.74) is 1.39. The molecule has 0 bridgehead atoms. The summed E-state index contributed by atoms with van der Waals surface area (Å²) in [6, 6.07) is 11.6. The first-order valence-corrected chi connectivity index (χ1v) is 8.36. The van der Waals surface area contributed by atoms with Gasteiger partial charge < -0.3 is 14.7 Å². The standard InChI is InChI=1S/C18H21N5O2/c1-2-23(15-6-4-3-5-7-15)17-12-16(19-13-20-17)18(25)22-10-8-21(14-24)9-11-22/h3-7,12-14H,2,8-11H2,1H3. The molecule has 2 amide bonds. The second-order valence-electron chi connectivity index (χ2n) is 5.77. The van der Waals surface area contributed by atoms with Gasteiger partial charge >= 0.3 is 0 Å². The van der Waals surface area contributed by atoms with Crippen LogP contribution in [0.2, 0.25) is 0 Å². The molecule has 1 fully saturated rings. The summed E-state index contributed by atoms with van der Waals surface area (Å²) in [5.74, 6) is 0.567. The van der Waals surface area contributed by atoms with Gasteiger partial charge in [0.15, 0.2) is 0 Å². The van der Waals surface area contributed by atoms with Crippen molar-refractivity contribution in [3.63, 3.8) is 0 Å². The van der Waals surface area contributed by atoms with E-state index in [0.717, 1.165) is 18.6 Å². The van der Waals surface area contributed by atoms with Gasteiger partial charge in [-0.1, -0.05) is 18.2 Å². The van der Waals surface area contributed by atoms with Gasteiger partial charge in [0, 0.05) is 44.5 Å². The van der Waals surface area contributed by atoms with E-state index in [1.54, 1.807) is 15.9 Å². The van der Waals surface area contributed by atoms with Gasteiger partial charge in [-0.15, -0.1) is 0 Å². The van der Waals surface area contributed by atoms with Crippen LogP contribution in [-0.2, 0) is 4.79 Å². The Morgan fingerprint density at radius 2 is 1.88 bits per heavy atom. The monoisotopic (exact) mass is 339 g/mol. The van der Waals surface area contributed by atoms with Gasteiger partial charge in [-0.05, 0) is 19.1 Å². The molecule has 0 aliphatic carbocycles. The van der Waals surface area contributed by atoms with E-state index in [4.69, 9.17) is 0 Å². The van der Waals surface area contributed by atoms with Crippen LogP contribution >= 0.6 is 0 Å². The van der Waals surface area contributed by atoms with Crippen molar-refractivity contribution in [2.24, 2.45) is 0 Å². The van der Waals surface area contributed by atoms with Crippen LogP contribution in [-0.4, -0.2) is 64.8 Å². The quantitative estimate of drug-likeness (QED) is 0.773. The van der Waals surface area contributed by atoms with E-state index in [-0.39, 0.29) is 5.91 Å². The highest BCUT2D eigenvalue weighted by Gasteiger charge is 2.23. The molecule has 0 atom stereocenters. The van der Waals surface area contributed by atoms with Gasteiger partial charge in [-0.25, -0.2) is 9.97 Å². The maximum atomic E-state index is 12.7. The normalized spacial score (nSPS) is 14.3. The lowest BCUT2D eigenvalue weighted by molar-refractivity contribution is -0.119. The van der Waals surface area contributed by atoms with Gasteiger partial charge in [-0.3, -0.25) is 9.59 Å². The number of anilines is 2. The molecule has 2 heterocycles. The largest absolute Gasteiger partial charge is 0.342 e. The molecule has 0 unspecified atom stereocenters. The number of nitrogens with zero attached hydrogens (tertiary/aromatic N) is 5. The van der Waals surface area contributed by atoms with Crippen LogP contribution in [0.3, 0.4) is 0 Å². The molecule has 1 aliphatic rings. The smallest absolute Gasteiger partial charge is 0.272 e. The summed E-state index contributed by atoms with van der Waals surface area (Å²) in [6.45, 7) is 4.92. The SMILES string of the molecule is CCN(c1ccccc1)c1cc(C(=O)N2CCN(C=O)CC2)ncn1. The molecule has 3 rings (SSSR count). The fourth-order valence-corrected chi connectivity index (χ4v) is 2.89. The number of para-hydroxylation sites is 1. The van der Waals surface area contributed by atoms with Crippen LogP contribution in [0.5, 0.6) is 0 Å². The lowest BCUT2D eigenvalue weighted by atomic mass is 10.2. The number of carbonyl (C=O) groups is 2. The Morgan fingerprint density at radius 1 is 1.16 bits per heavy atom. The highest BCUT2D eigenvalue weighted by atomic mass is 16.2. The van der Waals surface area contributed by atoms with Crippen LogP contribution in [0.15, 0.2) is 42.7 Å². The predicted octanol–water partition coefficient (Wildman–Crippen LogP) is 1.55. The molecule has 0 spiro atoms. The predicted molar refractivity (Wildman–Crippen MR) is 94.7 cm³/mol. The molecule has 1 saturated heterocycles. The summed E-state index contributed by atoms with van der Waals surface area (Å²) < 4.78 is 0. The van der Waals surface area contributed by atoms with Gasteiger partial charge in [0.05, 0.1) is 0 Å². The van der Waals surface area contributed by atoms with Crippen LogP contribution in [0, 0.1) is 0 Å². The van der Waals surface area contributed by atoms with Crippen molar-refractivity contribution in [3.05, 3.63) is 48.4 Å². The highest BCUT2D eigenvalue weighted by molar-refractivity contribution is 5.93. The zero-order chi connectivity index (χ0) is 17.6. The zero-order valence-corrected chi connectivity index (χ0v) is 14.2. The Hall–Kier alpha value is -2.96. The van der Waals surface area contributed by atoms with Crippen molar-refractivity contribution in [2.75, 3.05) is 37.6 Å². The summed E-state index contributed by atoms with van der Waals surface area (Å²) in [7, 11) is 0. The molecular formula is C18H21N5O2. The fraction of sp³-hybridized carbons (Fsp3) is 0.333. The lowest BCUT2D eigenvalue weighted by Gasteiger charge is -2.32. The van der Waals surface area contributed by atoms with Gasteiger partial charge in [0.1, 0.15) is 17.8 Å². The van der Waals surface area contributed by atoms with Crippen LogP contribution in [0.1, 0.15) is 17.4 Å². The minimum absolute atomic E-state index is 0.127. The molecule has 1 aromatic heterocycles. The first kappa shape index (κ1) is 16.9. The minimum Gasteiger partial charge on any atom is -0.342 e. The van der Waals surface area contributed by atoms with E-state index in [1.165, 1.54) is 6.33 Å². The maximum Gasteiger partial charge on any atom is 0.272 e. The van der Waals surface area contributed by atoms with E-state index in [9.17, 15) is 9.59 Å². The number of benzene rings is 1. The Balaban J connectivity index is 1.79. The van der Waals surface area contributed by atoms with Crippen molar-refractivity contribution >= 4 is 23.8 Å². The first-order chi connectivity index (χ1) is 12.2. The second kappa shape index (κ2) is 7.74. The molecular weight excluding hydrogens is 318 g/mol. The van der Waals surface area contributed by atoms with E-state index < -0.39 is 0 Å². The molecule has 0 N–H and O–H groups in total. The molecule has 7 heteroatoms. The third-order valence-electron chi connectivity index (χ3n) is 4.28. The molecule has 0 radical (unpaired) electrons. The number of rotatable bonds is 5. The third kappa shape index (κ3) is 3.76. The molecule has 1 aromatic carbocycles. The van der Waals surface area contributed by atoms with E-state index in [0.29, 0.717) is 37.7 Å². The average Bonchev–Trinajstić information content (AvgIpc) is 2.69. The number of hydrogen-bond acceptors (Lipinski definition) is 5. The van der Waals surface area contributed by atoms with Crippen LogP contribution in [0.4, 0.5) is 11.5 Å². The second-order valence-corrected chi connectivity index (χ2v) is 5.77. The summed E-state index contributed by atoms with van der Waals surface area (Å²) in [4.78, 5) is 37.4. The molecule has 0 saturated carbocycles. The minimum atomic E-state index is -0.127. The van der Waals surface area contributed by atoms with Crippen LogP contribution in [0.25, 0.3) is 0 Å². The molecule has 1 aliphatic heterocycles.